The number of aliphatic imine (C=N–C) groups is 1. The van der Waals surface area contributed by atoms with Crippen LogP contribution in [0.4, 0.5) is 0 Å². The summed E-state index contributed by atoms with van der Waals surface area (Å²) in [5.41, 5.74) is 1.33. The molecule has 1 aliphatic heterocycles. The number of unbranched alkanes of at least 4 members (excludes halogenated alkanes) is 1. The Bertz CT molecular complexity index is 740. The summed E-state index contributed by atoms with van der Waals surface area (Å²) in [6.45, 7) is 8.30. The maximum atomic E-state index is 12.0. The fourth-order valence-electron chi connectivity index (χ4n) is 4.83. The Morgan fingerprint density at radius 1 is 1.13 bits per heavy atom. The van der Waals surface area contributed by atoms with Gasteiger partial charge in [-0.15, -0.1) is 24.0 Å². The Kier molecular flexibility index (Phi) is 11.3. The topological polar surface area (TPSA) is 70.9 Å². The Balaban J connectivity index is 0.00000341. The summed E-state index contributed by atoms with van der Waals surface area (Å²) in [6.07, 6.45) is 8.43. The first-order valence-corrected chi connectivity index (χ1v) is 11.6. The molecule has 1 aromatic heterocycles. The van der Waals surface area contributed by atoms with Gasteiger partial charge in [-0.3, -0.25) is 14.7 Å². The first-order chi connectivity index (χ1) is 14.6. The number of rotatable bonds is 8. The largest absolute Gasteiger partial charge is 0.379 e. The number of hydrogen-bond donors (Lipinski definition) is 2. The van der Waals surface area contributed by atoms with Crippen LogP contribution in [-0.2, 0) is 11.3 Å². The van der Waals surface area contributed by atoms with Crippen LogP contribution in [-0.4, -0.2) is 67.4 Å². The maximum absolute atomic E-state index is 12.0. The number of aryl methyl sites for hydroxylation is 1. The molecule has 1 aliphatic carbocycles. The SMILES string of the molecule is CN=C(NCCCCn1c(C)cccc1=O)NCC1(N2CCOCC2)CCCCC1.I. The molecular weight excluding hydrogens is 505 g/mol. The summed E-state index contributed by atoms with van der Waals surface area (Å²) < 4.78 is 7.44. The van der Waals surface area contributed by atoms with Gasteiger partial charge in [0.25, 0.3) is 5.56 Å². The summed E-state index contributed by atoms with van der Waals surface area (Å²) >= 11 is 0. The van der Waals surface area contributed by atoms with Gasteiger partial charge in [-0.1, -0.05) is 25.3 Å². The second-order valence-corrected chi connectivity index (χ2v) is 8.60. The van der Waals surface area contributed by atoms with Crippen molar-refractivity contribution >= 4 is 29.9 Å². The molecular formula is C23H40IN5O2. The molecule has 1 aromatic rings. The molecule has 8 heteroatoms. The van der Waals surface area contributed by atoms with E-state index in [0.717, 1.165) is 70.4 Å². The van der Waals surface area contributed by atoms with Crippen LogP contribution in [0.5, 0.6) is 0 Å². The highest BCUT2D eigenvalue weighted by atomic mass is 127. The van der Waals surface area contributed by atoms with Crippen LogP contribution in [0.2, 0.25) is 0 Å². The lowest BCUT2D eigenvalue weighted by Gasteiger charge is -2.48. The number of nitrogens with one attached hydrogen (secondary N) is 2. The van der Waals surface area contributed by atoms with Crippen molar-refractivity contribution in [2.24, 2.45) is 4.99 Å². The first-order valence-electron chi connectivity index (χ1n) is 11.6. The van der Waals surface area contributed by atoms with Crippen LogP contribution in [0.3, 0.4) is 0 Å². The summed E-state index contributed by atoms with van der Waals surface area (Å²) in [5.74, 6) is 0.876. The minimum absolute atomic E-state index is 0. The number of guanidine groups is 1. The van der Waals surface area contributed by atoms with E-state index >= 15 is 0 Å². The highest BCUT2D eigenvalue weighted by molar-refractivity contribution is 14.0. The van der Waals surface area contributed by atoms with Crippen molar-refractivity contribution in [1.29, 1.82) is 0 Å². The molecule has 0 amide bonds. The first kappa shape index (κ1) is 26.1. The van der Waals surface area contributed by atoms with Gasteiger partial charge in [0.2, 0.25) is 0 Å². The quantitative estimate of drug-likeness (QED) is 0.228. The molecule has 0 spiro atoms. The summed E-state index contributed by atoms with van der Waals surface area (Å²) in [4.78, 5) is 19.0. The minimum Gasteiger partial charge on any atom is -0.379 e. The van der Waals surface area contributed by atoms with E-state index in [4.69, 9.17) is 4.74 Å². The number of pyridine rings is 1. The van der Waals surface area contributed by atoms with Gasteiger partial charge in [-0.25, -0.2) is 0 Å². The molecule has 2 aliphatic rings. The Morgan fingerprint density at radius 3 is 2.55 bits per heavy atom. The molecule has 0 radical (unpaired) electrons. The average Bonchev–Trinajstić information content (AvgIpc) is 2.78. The third-order valence-corrected chi connectivity index (χ3v) is 6.64. The highest BCUT2D eigenvalue weighted by Crippen LogP contribution is 2.33. The van der Waals surface area contributed by atoms with E-state index in [1.165, 1.54) is 32.1 Å². The molecule has 176 valence electrons. The summed E-state index contributed by atoms with van der Waals surface area (Å²) in [7, 11) is 1.84. The zero-order valence-electron chi connectivity index (χ0n) is 19.2. The normalized spacial score (nSPS) is 19.5. The summed E-state index contributed by atoms with van der Waals surface area (Å²) in [5, 5.41) is 7.06. The van der Waals surface area contributed by atoms with E-state index in [1.807, 2.05) is 30.7 Å². The number of ether oxygens (including phenoxy) is 1. The highest BCUT2D eigenvalue weighted by Gasteiger charge is 2.38. The van der Waals surface area contributed by atoms with Crippen LogP contribution in [0.15, 0.2) is 28.0 Å². The standard InChI is InChI=1S/C23H39N5O2.HI/c1-20-9-8-10-21(29)28(20)14-7-6-13-25-22(24-2)26-19-23(11-4-3-5-12-23)27-15-17-30-18-16-27;/h8-10H,3-7,11-19H2,1-2H3,(H2,24,25,26);1H. The second kappa shape index (κ2) is 13.4. The van der Waals surface area contributed by atoms with Crippen molar-refractivity contribution in [2.75, 3.05) is 46.4 Å². The molecule has 1 saturated heterocycles. The average molecular weight is 546 g/mol. The van der Waals surface area contributed by atoms with Gasteiger partial charge in [-0.2, -0.15) is 0 Å². The van der Waals surface area contributed by atoms with Gasteiger partial charge in [-0.05, 0) is 38.7 Å². The predicted octanol–water partition coefficient (Wildman–Crippen LogP) is 2.76. The van der Waals surface area contributed by atoms with Crippen molar-refractivity contribution in [2.45, 2.75) is 64.0 Å². The Morgan fingerprint density at radius 2 is 1.87 bits per heavy atom. The summed E-state index contributed by atoms with van der Waals surface area (Å²) in [6, 6.07) is 5.44. The molecule has 0 unspecified atom stereocenters. The van der Waals surface area contributed by atoms with Gasteiger partial charge in [0, 0.05) is 57.1 Å². The van der Waals surface area contributed by atoms with E-state index in [0.29, 0.717) is 0 Å². The zero-order chi connectivity index (χ0) is 21.2. The number of aromatic nitrogens is 1. The third kappa shape index (κ3) is 7.46. The van der Waals surface area contributed by atoms with Crippen LogP contribution in [0, 0.1) is 6.92 Å². The lowest BCUT2D eigenvalue weighted by molar-refractivity contribution is -0.0352. The van der Waals surface area contributed by atoms with Crippen LogP contribution >= 0.6 is 24.0 Å². The molecule has 0 aromatic carbocycles. The number of hydrogen-bond acceptors (Lipinski definition) is 4. The fraction of sp³-hybridized carbons (Fsp3) is 0.739. The zero-order valence-corrected chi connectivity index (χ0v) is 21.5. The van der Waals surface area contributed by atoms with Crippen LogP contribution in [0.1, 0.15) is 50.6 Å². The Labute approximate surface area is 204 Å². The lowest BCUT2D eigenvalue weighted by atomic mass is 9.80. The third-order valence-electron chi connectivity index (χ3n) is 6.64. The molecule has 0 atom stereocenters. The van der Waals surface area contributed by atoms with Gasteiger partial charge in [0.1, 0.15) is 0 Å². The van der Waals surface area contributed by atoms with Gasteiger partial charge < -0.3 is 19.9 Å². The molecule has 2 N–H and O–H groups in total. The van der Waals surface area contributed by atoms with E-state index in [-0.39, 0.29) is 35.1 Å². The molecule has 31 heavy (non-hydrogen) atoms. The van der Waals surface area contributed by atoms with Crippen molar-refractivity contribution in [3.63, 3.8) is 0 Å². The maximum Gasteiger partial charge on any atom is 0.250 e. The van der Waals surface area contributed by atoms with Crippen LogP contribution in [0.25, 0.3) is 0 Å². The van der Waals surface area contributed by atoms with Gasteiger partial charge >= 0.3 is 0 Å². The lowest BCUT2D eigenvalue weighted by Crippen LogP contribution is -2.60. The van der Waals surface area contributed by atoms with E-state index in [9.17, 15) is 4.79 Å². The monoisotopic (exact) mass is 545 g/mol. The van der Waals surface area contributed by atoms with Crippen molar-refractivity contribution in [3.05, 3.63) is 34.2 Å². The van der Waals surface area contributed by atoms with E-state index in [1.54, 1.807) is 6.07 Å². The molecule has 0 bridgehead atoms. The van der Waals surface area contributed by atoms with Crippen molar-refractivity contribution < 1.29 is 4.74 Å². The number of morpholine rings is 1. The molecule has 2 heterocycles. The molecule has 2 fully saturated rings. The van der Waals surface area contributed by atoms with E-state index in [2.05, 4.69) is 20.5 Å². The number of halogens is 1. The Hall–Kier alpha value is -1.13. The van der Waals surface area contributed by atoms with Gasteiger partial charge in [0.15, 0.2) is 5.96 Å². The second-order valence-electron chi connectivity index (χ2n) is 8.60. The van der Waals surface area contributed by atoms with E-state index < -0.39 is 0 Å². The molecule has 3 rings (SSSR count). The number of nitrogens with zero attached hydrogens (tertiary/aromatic N) is 3. The van der Waals surface area contributed by atoms with Gasteiger partial charge in [0.05, 0.1) is 13.2 Å². The minimum atomic E-state index is 0. The fourth-order valence-corrected chi connectivity index (χ4v) is 4.83. The van der Waals surface area contributed by atoms with Crippen molar-refractivity contribution in [1.82, 2.24) is 20.1 Å². The van der Waals surface area contributed by atoms with Crippen LogP contribution < -0.4 is 16.2 Å². The van der Waals surface area contributed by atoms with Crippen molar-refractivity contribution in [3.8, 4) is 0 Å². The molecule has 1 saturated carbocycles. The smallest absolute Gasteiger partial charge is 0.250 e. The predicted molar refractivity (Wildman–Crippen MR) is 138 cm³/mol. The molecule has 7 nitrogen and oxygen atoms in total.